The summed E-state index contributed by atoms with van der Waals surface area (Å²) in [4.78, 5) is 24.0. The van der Waals surface area contributed by atoms with Gasteiger partial charge in [-0.05, 0) is 82.6 Å². The molecule has 3 aromatic rings. The van der Waals surface area contributed by atoms with Gasteiger partial charge >= 0.3 is 12.2 Å². The fourth-order valence-electron chi connectivity index (χ4n) is 3.48. The number of urea groups is 1. The van der Waals surface area contributed by atoms with Crippen LogP contribution in [-0.2, 0) is 12.7 Å². The van der Waals surface area contributed by atoms with E-state index in [4.69, 9.17) is 16.3 Å². The maximum absolute atomic E-state index is 13.8. The number of halogens is 4. The molecule has 0 aliphatic carbocycles. The third-order valence-electron chi connectivity index (χ3n) is 5.20. The summed E-state index contributed by atoms with van der Waals surface area (Å²) in [6.45, 7) is 1.65. The zero-order chi connectivity index (χ0) is 27.0. The largest absolute Gasteiger partial charge is 0.439 e. The summed E-state index contributed by atoms with van der Waals surface area (Å²) < 4.78 is 46.8. The van der Waals surface area contributed by atoms with E-state index in [2.05, 4.69) is 20.6 Å². The Labute approximate surface area is 218 Å². The van der Waals surface area contributed by atoms with E-state index in [1.54, 1.807) is 31.3 Å². The number of amides is 2. The molecular weight excluding hydrogens is 509 g/mol. The first kappa shape index (κ1) is 28.2. The first-order valence-corrected chi connectivity index (χ1v) is 11.7. The number of hydrogen-bond acceptors (Lipinski definition) is 6. The zero-order valence-corrected chi connectivity index (χ0v) is 21.4. The maximum atomic E-state index is 13.8. The van der Waals surface area contributed by atoms with Crippen LogP contribution < -0.4 is 15.4 Å². The number of alkyl halides is 3. The molecule has 2 amide bonds. The lowest BCUT2D eigenvalue weighted by molar-refractivity contribution is -0.138. The number of ether oxygens (including phenoxy) is 1. The van der Waals surface area contributed by atoms with Crippen LogP contribution in [0, 0.1) is 0 Å². The monoisotopic (exact) mass is 536 g/mol. The van der Waals surface area contributed by atoms with Crippen molar-refractivity contribution in [1.29, 1.82) is 0 Å². The van der Waals surface area contributed by atoms with Crippen LogP contribution >= 0.6 is 11.6 Å². The molecule has 37 heavy (non-hydrogen) atoms. The van der Waals surface area contributed by atoms with E-state index in [-0.39, 0.29) is 28.8 Å². The number of anilines is 2. The van der Waals surface area contributed by atoms with Gasteiger partial charge in [0.05, 0.1) is 5.56 Å². The highest BCUT2D eigenvalue weighted by Crippen LogP contribution is 2.34. The lowest BCUT2D eigenvalue weighted by atomic mass is 10.1. The van der Waals surface area contributed by atoms with E-state index in [1.807, 2.05) is 23.9 Å². The predicted octanol–water partition coefficient (Wildman–Crippen LogP) is 5.97. The second-order valence-electron chi connectivity index (χ2n) is 8.65. The van der Waals surface area contributed by atoms with Crippen molar-refractivity contribution in [3.05, 3.63) is 71.1 Å². The van der Waals surface area contributed by atoms with Crippen LogP contribution in [0.2, 0.25) is 5.15 Å². The van der Waals surface area contributed by atoms with Crippen LogP contribution in [0.1, 0.15) is 17.5 Å². The molecule has 12 heteroatoms. The molecule has 198 valence electrons. The minimum atomic E-state index is -4.56. The number of carbonyl (C=O) groups is 1. The lowest BCUT2D eigenvalue weighted by Gasteiger charge is -2.21. The molecular formula is C25H28ClF3N6O2. The van der Waals surface area contributed by atoms with Gasteiger partial charge in [0.15, 0.2) is 0 Å². The molecule has 0 aliphatic heterocycles. The Morgan fingerprint density at radius 1 is 0.973 bits per heavy atom. The van der Waals surface area contributed by atoms with E-state index in [1.165, 1.54) is 24.5 Å². The van der Waals surface area contributed by atoms with Crippen LogP contribution in [0.25, 0.3) is 0 Å². The van der Waals surface area contributed by atoms with Crippen molar-refractivity contribution >= 4 is 29.0 Å². The molecule has 0 saturated carbocycles. The number of hydrogen-bond donors (Lipinski definition) is 2. The maximum Gasteiger partial charge on any atom is 0.416 e. The van der Waals surface area contributed by atoms with Gasteiger partial charge in [0.25, 0.3) is 0 Å². The van der Waals surface area contributed by atoms with Gasteiger partial charge in [-0.1, -0.05) is 17.7 Å². The molecule has 8 nitrogen and oxygen atoms in total. The summed E-state index contributed by atoms with van der Waals surface area (Å²) in [5, 5.41) is 5.27. The van der Waals surface area contributed by atoms with Gasteiger partial charge in [-0.15, -0.1) is 0 Å². The van der Waals surface area contributed by atoms with Gasteiger partial charge in [0.1, 0.15) is 17.2 Å². The highest BCUT2D eigenvalue weighted by atomic mass is 35.5. The van der Waals surface area contributed by atoms with Crippen molar-refractivity contribution in [3.8, 4) is 11.6 Å². The molecule has 0 saturated heterocycles. The van der Waals surface area contributed by atoms with Crippen molar-refractivity contribution in [3.63, 3.8) is 0 Å². The van der Waals surface area contributed by atoms with Gasteiger partial charge in [-0.3, -0.25) is 0 Å². The Hall–Kier alpha value is -3.41. The van der Waals surface area contributed by atoms with E-state index >= 15 is 0 Å². The molecule has 1 aromatic heterocycles. The van der Waals surface area contributed by atoms with Gasteiger partial charge in [-0.2, -0.15) is 13.2 Å². The molecule has 1 heterocycles. The third kappa shape index (κ3) is 9.19. The van der Waals surface area contributed by atoms with Crippen LogP contribution in [-0.4, -0.2) is 60.0 Å². The number of aromatic nitrogens is 2. The molecule has 0 unspecified atom stereocenters. The van der Waals surface area contributed by atoms with Crippen molar-refractivity contribution in [2.24, 2.45) is 0 Å². The fourth-order valence-corrected chi connectivity index (χ4v) is 3.61. The first-order valence-electron chi connectivity index (χ1n) is 11.4. The molecule has 0 radical (unpaired) electrons. The number of benzene rings is 2. The topological polar surface area (TPSA) is 82.6 Å². The first-order chi connectivity index (χ1) is 17.5. The highest BCUT2D eigenvalue weighted by Gasteiger charge is 2.34. The average Bonchev–Trinajstić information content (AvgIpc) is 2.80. The van der Waals surface area contributed by atoms with Gasteiger partial charge in [0, 0.05) is 24.0 Å². The molecule has 3 rings (SSSR count). The molecule has 0 fully saturated rings. The van der Waals surface area contributed by atoms with E-state index in [9.17, 15) is 18.0 Å². The van der Waals surface area contributed by atoms with Crippen LogP contribution in [0.4, 0.5) is 29.3 Å². The summed E-state index contributed by atoms with van der Waals surface area (Å²) in [5.74, 6) is 0.694. The number of carbonyl (C=O) groups excluding carboxylic acids is 1. The quantitative estimate of drug-likeness (QED) is 0.311. The standard InChI is InChI=1S/C25H28ClF3N6O2/c1-34(2)11-4-12-35(3)15-17-5-6-19(13-21(17)25(27,28)29)33-24(36)32-18-7-9-20(10-8-18)37-23-14-22(26)30-16-31-23/h5-10,13-14,16H,4,11-12,15H2,1-3H3,(H2,32,33,36). The molecule has 0 bridgehead atoms. The van der Waals surface area contributed by atoms with Crippen LogP contribution in [0.15, 0.2) is 54.9 Å². The van der Waals surface area contributed by atoms with E-state index in [0.29, 0.717) is 18.0 Å². The van der Waals surface area contributed by atoms with Crippen LogP contribution in [0.5, 0.6) is 11.6 Å². The second-order valence-corrected chi connectivity index (χ2v) is 9.04. The molecule has 2 aromatic carbocycles. The van der Waals surface area contributed by atoms with Crippen molar-refractivity contribution in [1.82, 2.24) is 19.8 Å². The summed E-state index contributed by atoms with van der Waals surface area (Å²) in [6.07, 6.45) is -2.45. The van der Waals surface area contributed by atoms with Crippen molar-refractivity contribution in [2.45, 2.75) is 19.1 Å². The average molecular weight is 537 g/mol. The lowest BCUT2D eigenvalue weighted by Crippen LogP contribution is -2.25. The minimum absolute atomic E-state index is 0.0319. The molecule has 0 spiro atoms. The Kier molecular flexibility index (Phi) is 9.67. The van der Waals surface area contributed by atoms with E-state index < -0.39 is 17.8 Å². The Bertz CT molecular complexity index is 1190. The molecule has 2 N–H and O–H groups in total. The normalized spacial score (nSPS) is 11.6. The van der Waals surface area contributed by atoms with E-state index in [0.717, 1.165) is 19.0 Å². The Morgan fingerprint density at radius 2 is 1.65 bits per heavy atom. The highest BCUT2D eigenvalue weighted by molar-refractivity contribution is 6.29. The van der Waals surface area contributed by atoms with Crippen molar-refractivity contribution < 1.29 is 22.7 Å². The molecule has 0 aliphatic rings. The number of nitrogens with zero attached hydrogens (tertiary/aromatic N) is 4. The van der Waals surface area contributed by atoms with Gasteiger partial charge in [0.2, 0.25) is 5.88 Å². The zero-order valence-electron chi connectivity index (χ0n) is 20.6. The van der Waals surface area contributed by atoms with Crippen LogP contribution in [0.3, 0.4) is 0 Å². The summed E-state index contributed by atoms with van der Waals surface area (Å²) in [5.41, 5.74) is -0.190. The Balaban J connectivity index is 1.61. The van der Waals surface area contributed by atoms with Gasteiger partial charge < -0.3 is 25.2 Å². The smallest absolute Gasteiger partial charge is 0.416 e. The van der Waals surface area contributed by atoms with Gasteiger partial charge in [-0.25, -0.2) is 14.8 Å². The number of rotatable bonds is 10. The molecule has 0 atom stereocenters. The Morgan fingerprint density at radius 3 is 2.30 bits per heavy atom. The summed E-state index contributed by atoms with van der Waals surface area (Å²) >= 11 is 5.80. The summed E-state index contributed by atoms with van der Waals surface area (Å²) in [7, 11) is 5.69. The fraction of sp³-hybridized carbons (Fsp3) is 0.320. The predicted molar refractivity (Wildman–Crippen MR) is 137 cm³/mol. The van der Waals surface area contributed by atoms with Crippen molar-refractivity contribution in [2.75, 3.05) is 44.9 Å². The summed E-state index contributed by atoms with van der Waals surface area (Å²) in [6, 6.07) is 10.9. The minimum Gasteiger partial charge on any atom is -0.439 e. The second kappa shape index (κ2) is 12.7. The number of nitrogens with one attached hydrogen (secondary N) is 2. The third-order valence-corrected chi connectivity index (χ3v) is 5.41. The SMILES string of the molecule is CN(C)CCCN(C)Cc1ccc(NC(=O)Nc2ccc(Oc3cc(Cl)ncn3)cc2)cc1C(F)(F)F.